The fraction of sp³-hybridized carbons (Fsp3) is 0.391. The standard InChI is InChI=1S/C23H30F2N4O3.HI/c1-4-26-21(30)15-31-19-8-6-7-17(12-19)13-28-23(27-5-2)29-14-18-11-16(3)9-10-20(18)32-22(24)25;/h6-12,22H,4-5,13-15H2,1-3H3,(H,26,30)(H2,27,28,29);1H. The number of benzene rings is 2. The van der Waals surface area contributed by atoms with E-state index in [1.165, 1.54) is 6.07 Å². The summed E-state index contributed by atoms with van der Waals surface area (Å²) in [7, 11) is 0. The van der Waals surface area contributed by atoms with Gasteiger partial charge < -0.3 is 25.4 Å². The maximum Gasteiger partial charge on any atom is 0.387 e. The number of nitrogens with one attached hydrogen (secondary N) is 3. The first kappa shape index (κ1) is 28.4. The highest BCUT2D eigenvalue weighted by Crippen LogP contribution is 2.22. The molecule has 0 aliphatic carbocycles. The summed E-state index contributed by atoms with van der Waals surface area (Å²) in [5.41, 5.74) is 2.44. The van der Waals surface area contributed by atoms with E-state index in [0.717, 1.165) is 11.1 Å². The van der Waals surface area contributed by atoms with Crippen LogP contribution < -0.4 is 25.4 Å². The zero-order valence-corrected chi connectivity index (χ0v) is 21.3. The van der Waals surface area contributed by atoms with Gasteiger partial charge in [0.05, 0.1) is 6.54 Å². The minimum absolute atomic E-state index is 0. The zero-order valence-electron chi connectivity index (χ0n) is 19.0. The Kier molecular flexibility index (Phi) is 13.1. The van der Waals surface area contributed by atoms with Crippen molar-refractivity contribution in [1.82, 2.24) is 16.0 Å². The van der Waals surface area contributed by atoms with Crippen molar-refractivity contribution in [2.24, 2.45) is 4.99 Å². The van der Waals surface area contributed by atoms with Crippen LogP contribution in [0.25, 0.3) is 0 Å². The fourth-order valence-electron chi connectivity index (χ4n) is 2.88. The third-order valence-corrected chi connectivity index (χ3v) is 4.28. The van der Waals surface area contributed by atoms with Gasteiger partial charge in [0.1, 0.15) is 11.5 Å². The van der Waals surface area contributed by atoms with E-state index in [0.29, 0.717) is 36.9 Å². The summed E-state index contributed by atoms with van der Waals surface area (Å²) in [5.74, 6) is 1.06. The number of carbonyl (C=O) groups excluding carboxylic acids is 1. The minimum atomic E-state index is -2.89. The molecule has 182 valence electrons. The maximum atomic E-state index is 12.7. The predicted molar refractivity (Wildman–Crippen MR) is 136 cm³/mol. The molecule has 0 atom stereocenters. The van der Waals surface area contributed by atoms with E-state index in [9.17, 15) is 13.6 Å². The number of aryl methyl sites for hydroxylation is 1. The van der Waals surface area contributed by atoms with Crippen LogP contribution in [0.2, 0.25) is 0 Å². The third kappa shape index (κ3) is 10.7. The van der Waals surface area contributed by atoms with Crippen molar-refractivity contribution in [1.29, 1.82) is 0 Å². The van der Waals surface area contributed by atoms with Crippen LogP contribution in [0.1, 0.15) is 30.5 Å². The molecule has 0 aromatic heterocycles. The van der Waals surface area contributed by atoms with E-state index in [4.69, 9.17) is 4.74 Å². The molecule has 7 nitrogen and oxygen atoms in total. The predicted octanol–water partition coefficient (Wildman–Crippen LogP) is 3.98. The van der Waals surface area contributed by atoms with Crippen molar-refractivity contribution in [2.45, 2.75) is 40.5 Å². The average molecular weight is 576 g/mol. The monoisotopic (exact) mass is 576 g/mol. The van der Waals surface area contributed by atoms with Gasteiger partial charge in [-0.3, -0.25) is 4.79 Å². The molecule has 3 N–H and O–H groups in total. The Bertz CT molecular complexity index is 913. The number of hydrogen-bond donors (Lipinski definition) is 3. The van der Waals surface area contributed by atoms with Crippen molar-refractivity contribution < 1.29 is 23.0 Å². The van der Waals surface area contributed by atoms with Gasteiger partial charge >= 0.3 is 6.61 Å². The number of nitrogens with zero attached hydrogens (tertiary/aromatic N) is 1. The van der Waals surface area contributed by atoms with Crippen LogP contribution in [-0.4, -0.2) is 38.2 Å². The number of alkyl halides is 2. The summed E-state index contributed by atoms with van der Waals surface area (Å²) in [4.78, 5) is 16.1. The SMILES string of the molecule is CCNC(=O)COc1cccc(CN=C(NCC)NCc2cc(C)ccc2OC(F)F)c1.I. The Hall–Kier alpha value is -2.63. The number of halogens is 3. The Morgan fingerprint density at radius 2 is 1.82 bits per heavy atom. The number of ether oxygens (including phenoxy) is 2. The van der Waals surface area contributed by atoms with Crippen LogP contribution in [0.3, 0.4) is 0 Å². The molecule has 0 aliphatic heterocycles. The first-order chi connectivity index (χ1) is 15.4. The molecular formula is C23H31F2IN4O3. The Balaban J connectivity index is 0.00000544. The van der Waals surface area contributed by atoms with Crippen molar-refractivity contribution in [2.75, 3.05) is 19.7 Å². The van der Waals surface area contributed by atoms with Gasteiger partial charge in [-0.2, -0.15) is 8.78 Å². The molecule has 33 heavy (non-hydrogen) atoms. The number of likely N-dealkylation sites (N-methyl/N-ethyl adjacent to an activating group) is 1. The summed E-state index contributed by atoms with van der Waals surface area (Å²) >= 11 is 0. The molecule has 0 saturated carbocycles. The highest BCUT2D eigenvalue weighted by molar-refractivity contribution is 14.0. The molecule has 2 aromatic rings. The van der Waals surface area contributed by atoms with Crippen molar-refractivity contribution in [3.63, 3.8) is 0 Å². The molecule has 2 rings (SSSR count). The number of hydrogen-bond acceptors (Lipinski definition) is 4. The van der Waals surface area contributed by atoms with Gasteiger partial charge in [-0.15, -0.1) is 24.0 Å². The van der Waals surface area contributed by atoms with Gasteiger partial charge in [0.2, 0.25) is 0 Å². The summed E-state index contributed by atoms with van der Waals surface area (Å²) in [6, 6.07) is 12.4. The molecule has 0 heterocycles. The summed E-state index contributed by atoms with van der Waals surface area (Å²) in [5, 5.41) is 8.96. The normalized spacial score (nSPS) is 10.9. The number of carbonyl (C=O) groups is 1. The highest BCUT2D eigenvalue weighted by Gasteiger charge is 2.10. The number of amides is 1. The van der Waals surface area contributed by atoms with Crippen molar-refractivity contribution in [3.05, 3.63) is 59.2 Å². The van der Waals surface area contributed by atoms with Gasteiger partial charge in [-0.25, -0.2) is 4.99 Å². The van der Waals surface area contributed by atoms with E-state index in [1.54, 1.807) is 18.2 Å². The second kappa shape index (κ2) is 15.3. The highest BCUT2D eigenvalue weighted by atomic mass is 127. The average Bonchev–Trinajstić information content (AvgIpc) is 2.76. The Morgan fingerprint density at radius 3 is 2.52 bits per heavy atom. The molecule has 0 fully saturated rings. The molecule has 0 aliphatic rings. The molecule has 2 aromatic carbocycles. The number of rotatable bonds is 11. The van der Waals surface area contributed by atoms with E-state index >= 15 is 0 Å². The number of guanidine groups is 1. The van der Waals surface area contributed by atoms with E-state index in [1.807, 2.05) is 39.0 Å². The largest absolute Gasteiger partial charge is 0.484 e. The van der Waals surface area contributed by atoms with Crippen molar-refractivity contribution >= 4 is 35.8 Å². The maximum absolute atomic E-state index is 12.7. The Morgan fingerprint density at radius 1 is 1.06 bits per heavy atom. The van der Waals surface area contributed by atoms with Crippen LogP contribution >= 0.6 is 24.0 Å². The van der Waals surface area contributed by atoms with Gasteiger partial charge in [0.25, 0.3) is 5.91 Å². The van der Waals surface area contributed by atoms with Crippen LogP contribution in [0.4, 0.5) is 8.78 Å². The van der Waals surface area contributed by atoms with Crippen LogP contribution in [0.5, 0.6) is 11.5 Å². The number of aliphatic imine (C=N–C) groups is 1. The van der Waals surface area contributed by atoms with E-state index in [2.05, 4.69) is 25.7 Å². The topological polar surface area (TPSA) is 84.0 Å². The molecule has 0 spiro atoms. The third-order valence-electron chi connectivity index (χ3n) is 4.28. The summed E-state index contributed by atoms with van der Waals surface area (Å²) in [6.45, 7) is 4.54. The lowest BCUT2D eigenvalue weighted by molar-refractivity contribution is -0.122. The van der Waals surface area contributed by atoms with Gasteiger partial charge in [0, 0.05) is 25.2 Å². The van der Waals surface area contributed by atoms with Crippen LogP contribution in [0.15, 0.2) is 47.5 Å². The van der Waals surface area contributed by atoms with E-state index < -0.39 is 6.61 Å². The van der Waals surface area contributed by atoms with Gasteiger partial charge in [-0.1, -0.05) is 29.8 Å². The molecule has 0 saturated heterocycles. The smallest absolute Gasteiger partial charge is 0.387 e. The lowest BCUT2D eigenvalue weighted by Crippen LogP contribution is -2.36. The molecule has 10 heteroatoms. The minimum Gasteiger partial charge on any atom is -0.484 e. The second-order valence-corrected chi connectivity index (χ2v) is 6.93. The zero-order chi connectivity index (χ0) is 23.3. The second-order valence-electron chi connectivity index (χ2n) is 6.93. The Labute approximate surface area is 210 Å². The molecule has 0 unspecified atom stereocenters. The van der Waals surface area contributed by atoms with E-state index in [-0.39, 0.29) is 48.8 Å². The quantitative estimate of drug-likeness (QED) is 0.214. The fourth-order valence-corrected chi connectivity index (χ4v) is 2.88. The summed E-state index contributed by atoms with van der Waals surface area (Å²) < 4.78 is 35.5. The first-order valence-corrected chi connectivity index (χ1v) is 10.5. The molecule has 1 amide bonds. The lowest BCUT2D eigenvalue weighted by Gasteiger charge is -2.15. The summed E-state index contributed by atoms with van der Waals surface area (Å²) in [6.07, 6.45) is 0. The van der Waals surface area contributed by atoms with Gasteiger partial charge in [-0.05, 0) is 44.5 Å². The molecular weight excluding hydrogens is 545 g/mol. The lowest BCUT2D eigenvalue weighted by atomic mass is 10.1. The van der Waals surface area contributed by atoms with Crippen LogP contribution in [0, 0.1) is 6.92 Å². The van der Waals surface area contributed by atoms with Crippen molar-refractivity contribution in [3.8, 4) is 11.5 Å². The van der Waals surface area contributed by atoms with Gasteiger partial charge in [0.15, 0.2) is 12.6 Å². The van der Waals surface area contributed by atoms with Crippen LogP contribution in [-0.2, 0) is 17.9 Å². The molecule has 0 bridgehead atoms. The first-order valence-electron chi connectivity index (χ1n) is 10.5. The molecule has 0 radical (unpaired) electrons.